The Labute approximate surface area is 252 Å². The quantitative estimate of drug-likeness (QED) is 0.458. The Hall–Kier alpha value is -2.66. The van der Waals surface area contributed by atoms with Gasteiger partial charge in [0.15, 0.2) is 0 Å². The number of carbonyl (C=O) groups is 3. The van der Waals surface area contributed by atoms with E-state index in [4.69, 9.17) is 4.74 Å². The van der Waals surface area contributed by atoms with Gasteiger partial charge in [-0.2, -0.15) is 0 Å². The summed E-state index contributed by atoms with van der Waals surface area (Å²) >= 11 is 1.59. The summed E-state index contributed by atoms with van der Waals surface area (Å²) in [6.45, 7) is 9.47. The van der Waals surface area contributed by atoms with Gasteiger partial charge in [0.05, 0.1) is 42.4 Å². The number of rotatable bonds is 8. The number of hydrogen-bond acceptors (Lipinski definition) is 7. The van der Waals surface area contributed by atoms with Gasteiger partial charge in [-0.15, -0.1) is 11.8 Å². The van der Waals surface area contributed by atoms with E-state index in [2.05, 4.69) is 17.1 Å². The van der Waals surface area contributed by atoms with Crippen molar-refractivity contribution in [2.75, 3.05) is 59.1 Å². The van der Waals surface area contributed by atoms with Gasteiger partial charge >= 0.3 is 0 Å². The van der Waals surface area contributed by atoms with Gasteiger partial charge in [-0.25, -0.2) is 0 Å². The number of benzene rings is 1. The van der Waals surface area contributed by atoms with E-state index in [-0.39, 0.29) is 35.5 Å². The summed E-state index contributed by atoms with van der Waals surface area (Å²) in [6.07, 6.45) is 8.20. The lowest BCUT2D eigenvalue weighted by molar-refractivity contribution is -0.148. The van der Waals surface area contributed by atoms with E-state index >= 15 is 0 Å². The molecule has 0 aromatic heterocycles. The molecule has 3 amide bonds. The van der Waals surface area contributed by atoms with E-state index < -0.39 is 28.7 Å². The van der Waals surface area contributed by atoms with Crippen LogP contribution >= 0.6 is 11.8 Å². The zero-order valence-corrected chi connectivity index (χ0v) is 25.3. The summed E-state index contributed by atoms with van der Waals surface area (Å²) in [5, 5.41) is 10.3. The molecule has 9 nitrogen and oxygen atoms in total. The van der Waals surface area contributed by atoms with Crippen LogP contribution in [0.3, 0.4) is 0 Å². The van der Waals surface area contributed by atoms with E-state index in [1.807, 2.05) is 66.1 Å². The molecule has 1 unspecified atom stereocenters. The molecule has 0 aliphatic carbocycles. The third kappa shape index (κ3) is 5.10. The van der Waals surface area contributed by atoms with Crippen LogP contribution in [0.1, 0.15) is 19.4 Å². The van der Waals surface area contributed by atoms with Gasteiger partial charge in [0.1, 0.15) is 6.04 Å². The number of amides is 3. The van der Waals surface area contributed by atoms with Crippen molar-refractivity contribution in [3.63, 3.8) is 0 Å². The molecule has 226 valence electrons. The highest BCUT2D eigenvalue weighted by Crippen LogP contribution is 2.61. The molecule has 10 heteroatoms. The summed E-state index contributed by atoms with van der Waals surface area (Å²) in [5.74, 6) is -1.65. The number of thioether (sulfide) groups is 1. The van der Waals surface area contributed by atoms with Gasteiger partial charge in [-0.3, -0.25) is 19.3 Å². The number of morpholine rings is 1. The van der Waals surface area contributed by atoms with Crippen LogP contribution in [-0.4, -0.2) is 124 Å². The first-order chi connectivity index (χ1) is 20.4. The minimum absolute atomic E-state index is 0.0449. The first-order valence-electron chi connectivity index (χ1n) is 15.2. The molecule has 0 bridgehead atoms. The van der Waals surface area contributed by atoms with E-state index in [1.165, 1.54) is 0 Å². The van der Waals surface area contributed by atoms with Crippen molar-refractivity contribution >= 4 is 29.5 Å². The van der Waals surface area contributed by atoms with Crippen LogP contribution in [0.5, 0.6) is 0 Å². The smallest absolute Gasteiger partial charge is 0.247 e. The van der Waals surface area contributed by atoms with Crippen molar-refractivity contribution in [2.24, 2.45) is 17.8 Å². The van der Waals surface area contributed by atoms with E-state index in [9.17, 15) is 19.5 Å². The summed E-state index contributed by atoms with van der Waals surface area (Å²) in [5.41, 5.74) is 1.04. The Bertz CT molecular complexity index is 1230. The van der Waals surface area contributed by atoms with Crippen molar-refractivity contribution < 1.29 is 24.2 Å². The molecule has 6 atom stereocenters. The molecule has 3 saturated heterocycles. The van der Waals surface area contributed by atoms with Crippen LogP contribution in [0.15, 0.2) is 54.6 Å². The molecule has 42 heavy (non-hydrogen) atoms. The molecule has 5 aliphatic rings. The minimum atomic E-state index is -0.880. The Balaban J connectivity index is 1.35. The highest BCUT2D eigenvalue weighted by atomic mass is 32.2. The number of ether oxygens (including phenoxy) is 1. The molecule has 1 spiro atoms. The Morgan fingerprint density at radius 2 is 1.71 bits per heavy atom. The lowest BCUT2D eigenvalue weighted by atomic mass is 9.78. The van der Waals surface area contributed by atoms with Gasteiger partial charge in [0.25, 0.3) is 0 Å². The average molecular weight is 595 g/mol. The molecule has 1 aromatic rings. The van der Waals surface area contributed by atoms with E-state index in [0.29, 0.717) is 39.4 Å². The van der Waals surface area contributed by atoms with Gasteiger partial charge < -0.3 is 24.5 Å². The number of aliphatic hydroxyl groups excluding tert-OH is 1. The van der Waals surface area contributed by atoms with Gasteiger partial charge in [-0.05, 0) is 11.5 Å². The number of aliphatic hydroxyl groups is 1. The zero-order chi connectivity index (χ0) is 29.4. The first kappa shape index (κ1) is 29.4. The van der Waals surface area contributed by atoms with Crippen LogP contribution in [0.2, 0.25) is 0 Å². The van der Waals surface area contributed by atoms with Crippen LogP contribution in [0, 0.1) is 17.8 Å². The number of likely N-dealkylation sites (tertiary alicyclic amines) is 1. The number of fused-ring (bicyclic) bond motifs is 2. The fourth-order valence-corrected chi connectivity index (χ4v) is 9.38. The molecule has 1 N–H and O–H groups in total. The number of carbonyl (C=O) groups excluding carboxylic acids is 3. The normalized spacial score (nSPS) is 32.2. The number of nitrogens with zero attached hydrogens (tertiary/aromatic N) is 4. The maximum absolute atomic E-state index is 14.6. The standard InChI is InChI=1S/C32H42N4O5S/c1-22(2)24(21-37)36-28-31(40)34(15-14-33-16-18-41-19-17-33)13-7-11-32(28)27(30(36)39)26-25(42-32)10-6-12-35(29(26)38)20-23-8-4-3-5-9-23/h3-11,22,24-28,37H,12-21H2,1-2H3/t24-,25+,26-,27-,28?,32-/m0/s1. The van der Waals surface area contributed by atoms with E-state index in [1.54, 1.807) is 16.7 Å². The molecule has 5 heterocycles. The first-order valence-corrected chi connectivity index (χ1v) is 16.1. The fraction of sp³-hybridized carbons (Fsp3) is 0.594. The lowest BCUT2D eigenvalue weighted by Crippen LogP contribution is -2.58. The zero-order valence-electron chi connectivity index (χ0n) is 24.5. The summed E-state index contributed by atoms with van der Waals surface area (Å²) in [6, 6.07) is 8.61. The van der Waals surface area contributed by atoms with Gasteiger partial charge in [-0.1, -0.05) is 68.5 Å². The predicted octanol–water partition coefficient (Wildman–Crippen LogP) is 1.63. The Morgan fingerprint density at radius 3 is 2.43 bits per heavy atom. The number of hydrogen-bond donors (Lipinski definition) is 1. The van der Waals surface area contributed by atoms with Gasteiger partial charge in [0, 0.05) is 51.1 Å². The second kappa shape index (κ2) is 12.1. The SMILES string of the molecule is CC(C)[C@H](CO)N1C(=O)[C@@H]2[C@H]3C(=O)N(Cc4ccccc4)CC=C[C@H]3S[C@@]23C=CCN(CCN2CCOCC2)C(=O)C13. The van der Waals surface area contributed by atoms with Gasteiger partial charge in [0.2, 0.25) is 17.7 Å². The predicted molar refractivity (Wildman–Crippen MR) is 161 cm³/mol. The van der Waals surface area contributed by atoms with Crippen molar-refractivity contribution in [1.29, 1.82) is 0 Å². The highest BCUT2D eigenvalue weighted by molar-refractivity contribution is 8.02. The molecule has 1 aromatic carbocycles. The maximum atomic E-state index is 14.6. The third-order valence-electron chi connectivity index (χ3n) is 9.58. The van der Waals surface area contributed by atoms with Crippen molar-refractivity contribution in [3.05, 3.63) is 60.2 Å². The highest BCUT2D eigenvalue weighted by Gasteiger charge is 2.71. The molecule has 3 fully saturated rings. The summed E-state index contributed by atoms with van der Waals surface area (Å²) in [4.78, 5) is 51.1. The lowest BCUT2D eigenvalue weighted by Gasteiger charge is -2.40. The topological polar surface area (TPSA) is 93.6 Å². The molecular formula is C32H42N4O5S. The molecule has 0 radical (unpaired) electrons. The molecular weight excluding hydrogens is 552 g/mol. The molecule has 0 saturated carbocycles. The monoisotopic (exact) mass is 594 g/mol. The van der Waals surface area contributed by atoms with Crippen LogP contribution in [-0.2, 0) is 25.7 Å². The summed E-state index contributed by atoms with van der Waals surface area (Å²) in [7, 11) is 0. The Kier molecular flexibility index (Phi) is 8.51. The molecule has 6 rings (SSSR count). The second-order valence-corrected chi connectivity index (χ2v) is 13.8. The third-order valence-corrected chi connectivity index (χ3v) is 11.3. The second-order valence-electron chi connectivity index (χ2n) is 12.4. The van der Waals surface area contributed by atoms with Crippen molar-refractivity contribution in [3.8, 4) is 0 Å². The van der Waals surface area contributed by atoms with Crippen molar-refractivity contribution in [2.45, 2.75) is 42.5 Å². The Morgan fingerprint density at radius 1 is 0.976 bits per heavy atom. The maximum Gasteiger partial charge on any atom is 0.247 e. The minimum Gasteiger partial charge on any atom is -0.394 e. The molecule has 5 aliphatic heterocycles. The average Bonchev–Trinajstić information content (AvgIpc) is 3.31. The van der Waals surface area contributed by atoms with Crippen LogP contribution < -0.4 is 0 Å². The van der Waals surface area contributed by atoms with Crippen LogP contribution in [0.4, 0.5) is 0 Å². The van der Waals surface area contributed by atoms with E-state index in [0.717, 1.165) is 25.2 Å². The van der Waals surface area contributed by atoms with Crippen LogP contribution in [0.25, 0.3) is 0 Å². The largest absolute Gasteiger partial charge is 0.394 e. The van der Waals surface area contributed by atoms with Crippen molar-refractivity contribution in [1.82, 2.24) is 19.6 Å². The fourth-order valence-electron chi connectivity index (χ4n) is 7.39. The summed E-state index contributed by atoms with van der Waals surface area (Å²) < 4.78 is 4.61.